The Morgan fingerprint density at radius 2 is 2.00 bits per heavy atom. The quantitative estimate of drug-likeness (QED) is 0.795. The summed E-state index contributed by atoms with van der Waals surface area (Å²) in [6.07, 6.45) is 5.50. The number of rotatable bonds is 7. The van der Waals surface area contributed by atoms with Gasteiger partial charge in [0.1, 0.15) is 0 Å². The molecule has 1 aromatic rings. The number of benzene rings is 1. The van der Waals surface area contributed by atoms with Crippen LogP contribution in [0.2, 0.25) is 0 Å². The Bertz CT molecular complexity index is 343. The van der Waals surface area contributed by atoms with Gasteiger partial charge in [0.2, 0.25) is 0 Å². The molecular formula is C16H25NO. The summed E-state index contributed by atoms with van der Waals surface area (Å²) in [7, 11) is 0. The molecule has 0 spiro atoms. The predicted molar refractivity (Wildman–Crippen MR) is 75.8 cm³/mol. The van der Waals surface area contributed by atoms with Crippen LogP contribution in [-0.4, -0.2) is 19.3 Å². The Hall–Kier alpha value is -0.860. The first-order valence-electron chi connectivity index (χ1n) is 7.21. The fourth-order valence-corrected chi connectivity index (χ4v) is 2.16. The Balaban J connectivity index is 1.91. The van der Waals surface area contributed by atoms with Crippen molar-refractivity contribution in [2.75, 3.05) is 13.2 Å². The maximum Gasteiger partial charge on any atom is 0.0665 e. The first-order chi connectivity index (χ1) is 8.79. The number of nitrogens with one attached hydrogen (secondary N) is 1. The van der Waals surface area contributed by atoms with Crippen molar-refractivity contribution in [2.24, 2.45) is 0 Å². The molecule has 2 heteroatoms. The second-order valence-corrected chi connectivity index (χ2v) is 5.30. The smallest absolute Gasteiger partial charge is 0.0665 e. The summed E-state index contributed by atoms with van der Waals surface area (Å²) in [5, 5.41) is 3.58. The van der Waals surface area contributed by atoms with Crippen LogP contribution in [0.3, 0.4) is 0 Å². The molecule has 1 aromatic carbocycles. The van der Waals surface area contributed by atoms with Crippen molar-refractivity contribution in [2.45, 2.75) is 51.7 Å². The van der Waals surface area contributed by atoms with Gasteiger partial charge in [0, 0.05) is 0 Å². The van der Waals surface area contributed by atoms with Gasteiger partial charge < -0.3 is 10.1 Å². The minimum Gasteiger partial charge on any atom is -0.376 e. The molecule has 2 nitrogen and oxygen atoms in total. The topological polar surface area (TPSA) is 21.3 Å². The lowest BCUT2D eigenvalue weighted by Gasteiger charge is -2.28. The van der Waals surface area contributed by atoms with Gasteiger partial charge in [0.25, 0.3) is 0 Å². The van der Waals surface area contributed by atoms with Crippen molar-refractivity contribution in [3.8, 4) is 0 Å². The van der Waals surface area contributed by atoms with Gasteiger partial charge in [-0.05, 0) is 44.7 Å². The minimum absolute atomic E-state index is 0.339. The molecule has 1 saturated carbocycles. The third-order valence-electron chi connectivity index (χ3n) is 3.67. The van der Waals surface area contributed by atoms with Crippen molar-refractivity contribution >= 4 is 0 Å². The highest BCUT2D eigenvalue weighted by Gasteiger charge is 2.20. The first kappa shape index (κ1) is 13.6. The van der Waals surface area contributed by atoms with E-state index in [9.17, 15) is 0 Å². The molecule has 1 unspecified atom stereocenters. The number of hydrogen-bond donors (Lipinski definition) is 1. The molecular weight excluding hydrogens is 222 g/mol. The average Bonchev–Trinajstić information content (AvgIpc) is 2.32. The lowest BCUT2D eigenvalue weighted by molar-refractivity contribution is -0.00876. The highest BCUT2D eigenvalue weighted by molar-refractivity contribution is 5.24. The third kappa shape index (κ3) is 3.82. The van der Waals surface area contributed by atoms with Gasteiger partial charge >= 0.3 is 0 Å². The van der Waals surface area contributed by atoms with Gasteiger partial charge in [-0.25, -0.2) is 0 Å². The van der Waals surface area contributed by atoms with Crippen molar-refractivity contribution in [1.29, 1.82) is 0 Å². The van der Waals surface area contributed by atoms with E-state index in [1.165, 1.54) is 30.4 Å². The molecule has 0 bridgehead atoms. The summed E-state index contributed by atoms with van der Waals surface area (Å²) in [4.78, 5) is 0. The molecule has 1 fully saturated rings. The summed E-state index contributed by atoms with van der Waals surface area (Å²) >= 11 is 0. The standard InChI is InChI=1S/C16H25NO/c1-3-11-17-16(12-18-15-5-4-6-15)14-9-7-13(2)8-10-14/h7-10,15-17H,3-6,11-12H2,1-2H3. The molecule has 0 radical (unpaired) electrons. The van der Waals surface area contributed by atoms with Gasteiger partial charge in [-0.3, -0.25) is 0 Å². The van der Waals surface area contributed by atoms with E-state index in [0.717, 1.165) is 19.6 Å². The Labute approximate surface area is 111 Å². The Morgan fingerprint density at radius 3 is 2.56 bits per heavy atom. The van der Waals surface area contributed by atoms with Gasteiger partial charge in [-0.1, -0.05) is 36.8 Å². The van der Waals surface area contributed by atoms with E-state index in [1.807, 2.05) is 0 Å². The Morgan fingerprint density at radius 1 is 1.28 bits per heavy atom. The van der Waals surface area contributed by atoms with E-state index >= 15 is 0 Å². The van der Waals surface area contributed by atoms with Gasteiger partial charge in [-0.2, -0.15) is 0 Å². The van der Waals surface area contributed by atoms with Crippen LogP contribution in [0.15, 0.2) is 24.3 Å². The average molecular weight is 247 g/mol. The third-order valence-corrected chi connectivity index (χ3v) is 3.67. The molecule has 1 aliphatic carbocycles. The van der Waals surface area contributed by atoms with Crippen molar-refractivity contribution in [3.05, 3.63) is 35.4 Å². The van der Waals surface area contributed by atoms with Crippen molar-refractivity contribution in [3.63, 3.8) is 0 Å². The highest BCUT2D eigenvalue weighted by atomic mass is 16.5. The molecule has 0 saturated heterocycles. The van der Waals surface area contributed by atoms with Crippen LogP contribution in [0.5, 0.6) is 0 Å². The largest absolute Gasteiger partial charge is 0.376 e. The van der Waals surface area contributed by atoms with Crippen LogP contribution in [-0.2, 0) is 4.74 Å². The summed E-state index contributed by atoms with van der Waals surface area (Å²) < 4.78 is 5.96. The SMILES string of the molecule is CCCNC(COC1CCC1)c1ccc(C)cc1. The van der Waals surface area contributed by atoms with Crippen LogP contribution in [0.4, 0.5) is 0 Å². The fourth-order valence-electron chi connectivity index (χ4n) is 2.16. The fraction of sp³-hybridized carbons (Fsp3) is 0.625. The zero-order valence-corrected chi connectivity index (χ0v) is 11.6. The maximum absolute atomic E-state index is 5.96. The predicted octanol–water partition coefficient (Wildman–Crippen LogP) is 3.60. The molecule has 100 valence electrons. The van der Waals surface area contributed by atoms with Crippen molar-refractivity contribution in [1.82, 2.24) is 5.32 Å². The molecule has 1 atom stereocenters. The second-order valence-electron chi connectivity index (χ2n) is 5.30. The Kier molecular flexibility index (Phi) is 5.21. The number of aryl methyl sites for hydroxylation is 1. The van der Waals surface area contributed by atoms with E-state index in [-0.39, 0.29) is 0 Å². The van der Waals surface area contributed by atoms with Crippen LogP contribution in [0, 0.1) is 6.92 Å². The number of ether oxygens (including phenoxy) is 1. The van der Waals surface area contributed by atoms with Crippen LogP contribution in [0.25, 0.3) is 0 Å². The van der Waals surface area contributed by atoms with E-state index < -0.39 is 0 Å². The molecule has 1 aliphatic rings. The molecule has 18 heavy (non-hydrogen) atoms. The summed E-state index contributed by atoms with van der Waals surface area (Å²) in [6.45, 7) is 6.18. The molecule has 0 amide bonds. The molecule has 1 N–H and O–H groups in total. The second kappa shape index (κ2) is 6.91. The monoisotopic (exact) mass is 247 g/mol. The molecule has 2 rings (SSSR count). The molecule has 0 aromatic heterocycles. The lowest BCUT2D eigenvalue weighted by atomic mass is 9.96. The van der Waals surface area contributed by atoms with E-state index in [4.69, 9.17) is 4.74 Å². The summed E-state index contributed by atoms with van der Waals surface area (Å²) in [5.74, 6) is 0. The van der Waals surface area contributed by atoms with Crippen LogP contribution in [0.1, 0.15) is 49.8 Å². The molecule has 0 aliphatic heterocycles. The molecule has 0 heterocycles. The first-order valence-corrected chi connectivity index (χ1v) is 7.21. The zero-order chi connectivity index (χ0) is 12.8. The maximum atomic E-state index is 5.96. The highest BCUT2D eigenvalue weighted by Crippen LogP contribution is 2.24. The van der Waals surface area contributed by atoms with Crippen LogP contribution >= 0.6 is 0 Å². The van der Waals surface area contributed by atoms with E-state index in [1.54, 1.807) is 0 Å². The van der Waals surface area contributed by atoms with Gasteiger partial charge in [0.05, 0.1) is 18.8 Å². The van der Waals surface area contributed by atoms with Gasteiger partial charge in [0.15, 0.2) is 0 Å². The summed E-state index contributed by atoms with van der Waals surface area (Å²) in [6, 6.07) is 9.13. The summed E-state index contributed by atoms with van der Waals surface area (Å²) in [5.41, 5.74) is 2.65. The zero-order valence-electron chi connectivity index (χ0n) is 11.6. The van der Waals surface area contributed by atoms with E-state index in [0.29, 0.717) is 12.1 Å². The van der Waals surface area contributed by atoms with Gasteiger partial charge in [-0.15, -0.1) is 0 Å². The van der Waals surface area contributed by atoms with E-state index in [2.05, 4.69) is 43.4 Å². The lowest BCUT2D eigenvalue weighted by Crippen LogP contribution is -2.30. The minimum atomic E-state index is 0.339. The van der Waals surface area contributed by atoms with Crippen molar-refractivity contribution < 1.29 is 4.74 Å². The normalized spacial score (nSPS) is 17.4. The van der Waals surface area contributed by atoms with Crippen LogP contribution < -0.4 is 5.32 Å². The number of hydrogen-bond acceptors (Lipinski definition) is 2.